The third-order valence-electron chi connectivity index (χ3n) is 5.57. The number of benzene rings is 1. The molecule has 1 atom stereocenters. The predicted octanol–water partition coefficient (Wildman–Crippen LogP) is 3.73. The summed E-state index contributed by atoms with van der Waals surface area (Å²) in [6.07, 6.45) is 5.81. The highest BCUT2D eigenvalue weighted by Gasteiger charge is 2.29. The molecule has 5 heteroatoms. The Bertz CT molecular complexity index is 635. The quantitative estimate of drug-likeness (QED) is 0.733. The van der Waals surface area contributed by atoms with Crippen molar-refractivity contribution in [1.29, 1.82) is 0 Å². The number of likely N-dealkylation sites (tertiary alicyclic amines) is 2. The van der Waals surface area contributed by atoms with E-state index < -0.39 is 0 Å². The molecule has 2 aliphatic heterocycles. The average molecular weight is 373 g/mol. The van der Waals surface area contributed by atoms with Crippen LogP contribution in [0.5, 0.6) is 5.75 Å². The zero-order chi connectivity index (χ0) is 19.2. The van der Waals surface area contributed by atoms with E-state index in [-0.39, 0.29) is 17.9 Å². The standard InChI is InChI=1S/C22H32N2O3/c1-17(2)7-12-21(25)24-15-5-6-19(24)16-27-20-10-8-18(9-11-20)22(26)23-13-3-4-14-23/h8-11,17,19H,3-7,12-16H2,1-2H3. The van der Waals surface area contributed by atoms with Crippen LogP contribution >= 0.6 is 0 Å². The SMILES string of the molecule is CC(C)CCC(=O)N1CCCC1COc1ccc(C(=O)N2CCCC2)cc1. The summed E-state index contributed by atoms with van der Waals surface area (Å²) in [7, 11) is 0. The van der Waals surface area contributed by atoms with E-state index in [1.807, 2.05) is 34.1 Å². The summed E-state index contributed by atoms with van der Waals surface area (Å²) in [6, 6.07) is 7.58. The minimum absolute atomic E-state index is 0.108. The second kappa shape index (κ2) is 9.25. The van der Waals surface area contributed by atoms with Crippen molar-refractivity contribution in [2.45, 2.75) is 58.4 Å². The summed E-state index contributed by atoms with van der Waals surface area (Å²) in [5.41, 5.74) is 0.718. The molecule has 1 unspecified atom stereocenters. The third kappa shape index (κ3) is 5.24. The molecule has 2 amide bonds. The van der Waals surface area contributed by atoms with Crippen LogP contribution in [0.25, 0.3) is 0 Å². The van der Waals surface area contributed by atoms with Gasteiger partial charge in [-0.05, 0) is 62.3 Å². The molecule has 2 saturated heterocycles. The number of carbonyl (C=O) groups is 2. The lowest BCUT2D eigenvalue weighted by atomic mass is 10.1. The normalized spacial score (nSPS) is 19.7. The van der Waals surface area contributed by atoms with Gasteiger partial charge in [0, 0.05) is 31.6 Å². The fourth-order valence-corrected chi connectivity index (χ4v) is 3.88. The van der Waals surface area contributed by atoms with Crippen LogP contribution in [0.15, 0.2) is 24.3 Å². The molecule has 3 rings (SSSR count). The van der Waals surface area contributed by atoms with Crippen LogP contribution in [0.1, 0.15) is 62.7 Å². The number of hydrogen-bond donors (Lipinski definition) is 0. The number of carbonyl (C=O) groups excluding carboxylic acids is 2. The van der Waals surface area contributed by atoms with E-state index in [0.717, 1.165) is 63.1 Å². The van der Waals surface area contributed by atoms with Gasteiger partial charge >= 0.3 is 0 Å². The van der Waals surface area contributed by atoms with E-state index >= 15 is 0 Å². The fraction of sp³-hybridized carbons (Fsp3) is 0.636. The van der Waals surface area contributed by atoms with Crippen LogP contribution in [0, 0.1) is 5.92 Å². The van der Waals surface area contributed by atoms with Gasteiger partial charge in [0.1, 0.15) is 12.4 Å². The van der Waals surface area contributed by atoms with Crippen LogP contribution in [-0.2, 0) is 4.79 Å². The van der Waals surface area contributed by atoms with Gasteiger partial charge in [0.05, 0.1) is 6.04 Å². The molecule has 0 bridgehead atoms. The van der Waals surface area contributed by atoms with Crippen molar-refractivity contribution in [3.63, 3.8) is 0 Å². The Morgan fingerprint density at radius 1 is 1.07 bits per heavy atom. The Hall–Kier alpha value is -2.04. The van der Waals surface area contributed by atoms with Crippen molar-refractivity contribution in [2.24, 2.45) is 5.92 Å². The minimum atomic E-state index is 0.108. The van der Waals surface area contributed by atoms with Crippen LogP contribution in [0.2, 0.25) is 0 Å². The van der Waals surface area contributed by atoms with Crippen LogP contribution in [0.4, 0.5) is 0 Å². The maximum Gasteiger partial charge on any atom is 0.253 e. The Morgan fingerprint density at radius 2 is 1.78 bits per heavy atom. The van der Waals surface area contributed by atoms with E-state index in [9.17, 15) is 9.59 Å². The lowest BCUT2D eigenvalue weighted by Gasteiger charge is -2.25. The summed E-state index contributed by atoms with van der Waals surface area (Å²) >= 11 is 0. The molecule has 2 fully saturated rings. The molecule has 1 aromatic carbocycles. The van der Waals surface area contributed by atoms with Crippen molar-refractivity contribution in [3.05, 3.63) is 29.8 Å². The molecule has 2 heterocycles. The largest absolute Gasteiger partial charge is 0.491 e. The Labute approximate surface area is 162 Å². The summed E-state index contributed by atoms with van der Waals surface area (Å²) in [5.74, 6) is 1.67. The molecule has 0 N–H and O–H groups in total. The molecule has 148 valence electrons. The monoisotopic (exact) mass is 372 g/mol. The smallest absolute Gasteiger partial charge is 0.253 e. The number of amides is 2. The first-order valence-electron chi connectivity index (χ1n) is 10.4. The van der Waals surface area contributed by atoms with Gasteiger partial charge < -0.3 is 14.5 Å². The highest BCUT2D eigenvalue weighted by molar-refractivity contribution is 5.94. The predicted molar refractivity (Wildman–Crippen MR) is 106 cm³/mol. The molecular formula is C22H32N2O3. The van der Waals surface area contributed by atoms with Gasteiger partial charge in [0.2, 0.25) is 5.91 Å². The topological polar surface area (TPSA) is 49.9 Å². The molecule has 5 nitrogen and oxygen atoms in total. The molecule has 27 heavy (non-hydrogen) atoms. The second-order valence-corrected chi connectivity index (χ2v) is 8.15. The number of nitrogens with zero attached hydrogens (tertiary/aromatic N) is 2. The zero-order valence-corrected chi connectivity index (χ0v) is 16.7. The first kappa shape index (κ1) is 19.7. The third-order valence-corrected chi connectivity index (χ3v) is 5.57. The van der Waals surface area contributed by atoms with Gasteiger partial charge in [-0.3, -0.25) is 9.59 Å². The number of rotatable bonds is 7. The molecular weight excluding hydrogens is 340 g/mol. The maximum atomic E-state index is 12.4. The Balaban J connectivity index is 1.50. The Morgan fingerprint density at radius 3 is 2.44 bits per heavy atom. The van der Waals surface area contributed by atoms with E-state index in [1.54, 1.807) is 0 Å². The van der Waals surface area contributed by atoms with E-state index in [2.05, 4.69) is 13.8 Å². The first-order valence-corrected chi connectivity index (χ1v) is 10.4. The summed E-state index contributed by atoms with van der Waals surface area (Å²) in [4.78, 5) is 28.7. The zero-order valence-electron chi connectivity index (χ0n) is 16.7. The van der Waals surface area contributed by atoms with Crippen molar-refractivity contribution in [1.82, 2.24) is 9.80 Å². The van der Waals surface area contributed by atoms with Gasteiger partial charge in [0.15, 0.2) is 0 Å². The van der Waals surface area contributed by atoms with Crippen molar-refractivity contribution >= 4 is 11.8 Å². The summed E-state index contributed by atoms with van der Waals surface area (Å²) in [5, 5.41) is 0. The highest BCUT2D eigenvalue weighted by atomic mass is 16.5. The molecule has 0 radical (unpaired) electrons. The van der Waals surface area contributed by atoms with Crippen molar-refractivity contribution in [2.75, 3.05) is 26.2 Å². The lowest BCUT2D eigenvalue weighted by molar-refractivity contribution is -0.132. The maximum absolute atomic E-state index is 12.4. The number of hydrogen-bond acceptors (Lipinski definition) is 3. The lowest BCUT2D eigenvalue weighted by Crippen LogP contribution is -2.39. The van der Waals surface area contributed by atoms with Crippen LogP contribution in [0.3, 0.4) is 0 Å². The van der Waals surface area contributed by atoms with Crippen LogP contribution in [-0.4, -0.2) is 53.9 Å². The average Bonchev–Trinajstić information content (AvgIpc) is 3.36. The second-order valence-electron chi connectivity index (χ2n) is 8.15. The molecule has 0 aliphatic carbocycles. The molecule has 2 aliphatic rings. The highest BCUT2D eigenvalue weighted by Crippen LogP contribution is 2.22. The molecule has 1 aromatic rings. The van der Waals surface area contributed by atoms with E-state index in [4.69, 9.17) is 4.74 Å². The van der Waals surface area contributed by atoms with Gasteiger partial charge in [-0.2, -0.15) is 0 Å². The summed E-state index contributed by atoms with van der Waals surface area (Å²) < 4.78 is 5.94. The molecule has 0 aromatic heterocycles. The first-order chi connectivity index (χ1) is 13.0. The van der Waals surface area contributed by atoms with Crippen LogP contribution < -0.4 is 4.74 Å². The van der Waals surface area contributed by atoms with Gasteiger partial charge in [-0.25, -0.2) is 0 Å². The van der Waals surface area contributed by atoms with Gasteiger partial charge in [-0.15, -0.1) is 0 Å². The van der Waals surface area contributed by atoms with E-state index in [0.29, 0.717) is 18.9 Å². The molecule has 0 saturated carbocycles. The minimum Gasteiger partial charge on any atom is -0.491 e. The Kier molecular flexibility index (Phi) is 6.75. The van der Waals surface area contributed by atoms with Crippen molar-refractivity contribution < 1.29 is 14.3 Å². The van der Waals surface area contributed by atoms with Gasteiger partial charge in [-0.1, -0.05) is 13.8 Å². The number of ether oxygens (including phenoxy) is 1. The fourth-order valence-electron chi connectivity index (χ4n) is 3.88. The van der Waals surface area contributed by atoms with Gasteiger partial charge in [0.25, 0.3) is 5.91 Å². The van der Waals surface area contributed by atoms with E-state index in [1.165, 1.54) is 0 Å². The molecule has 0 spiro atoms. The summed E-state index contributed by atoms with van der Waals surface area (Å²) in [6.45, 7) is 7.38. The van der Waals surface area contributed by atoms with Crippen molar-refractivity contribution in [3.8, 4) is 5.75 Å².